The summed E-state index contributed by atoms with van der Waals surface area (Å²) < 4.78 is 0. The normalized spacial score (nSPS) is 12.6. The maximum atomic E-state index is 10.6. The summed E-state index contributed by atoms with van der Waals surface area (Å²) in [5.74, 6) is -2.05. The second-order valence-electron chi connectivity index (χ2n) is 2.29. The number of rotatable bonds is 4. The third-order valence-electron chi connectivity index (χ3n) is 1.37. The number of hydrogen-bond donors (Lipinski definition) is 1. The largest absolute Gasteiger partial charge is 0.481 e. The van der Waals surface area contributed by atoms with E-state index in [-0.39, 0.29) is 5.78 Å². The number of carbonyl (C=O) groups excluding carboxylic acids is 1. The third-order valence-corrected chi connectivity index (χ3v) is 1.37. The fraction of sp³-hybridized carbons (Fsp3) is 0.714. The van der Waals surface area contributed by atoms with Crippen LogP contribution in [0.25, 0.3) is 0 Å². The molecule has 0 aliphatic heterocycles. The van der Waals surface area contributed by atoms with Gasteiger partial charge in [-0.3, -0.25) is 9.59 Å². The highest BCUT2D eigenvalue weighted by molar-refractivity contribution is 5.96. The zero-order chi connectivity index (χ0) is 8.15. The number of carboxylic acids is 1. The maximum absolute atomic E-state index is 10.6. The molecule has 3 nitrogen and oxygen atoms in total. The monoisotopic (exact) mass is 144 g/mol. The van der Waals surface area contributed by atoms with Crippen LogP contribution in [0.5, 0.6) is 0 Å². The van der Waals surface area contributed by atoms with Crippen molar-refractivity contribution in [1.82, 2.24) is 0 Å². The molecule has 0 rings (SSSR count). The van der Waals surface area contributed by atoms with Crippen LogP contribution >= 0.6 is 0 Å². The first-order valence-electron chi connectivity index (χ1n) is 3.32. The quantitative estimate of drug-likeness (QED) is 0.600. The predicted octanol–water partition coefficient (Wildman–Crippen LogP) is 1.08. The fourth-order valence-electron chi connectivity index (χ4n) is 0.789. The molecule has 0 fully saturated rings. The van der Waals surface area contributed by atoms with Crippen LogP contribution in [0.3, 0.4) is 0 Å². The Bertz CT molecular complexity index is 126. The summed E-state index contributed by atoms with van der Waals surface area (Å²) in [6, 6.07) is 0. The van der Waals surface area contributed by atoms with Crippen LogP contribution in [0, 0.1) is 5.92 Å². The van der Waals surface area contributed by atoms with Gasteiger partial charge in [0.15, 0.2) is 0 Å². The zero-order valence-electron chi connectivity index (χ0n) is 6.26. The maximum Gasteiger partial charge on any atom is 0.314 e. The molecule has 0 aliphatic carbocycles. The number of carboxylic acid groups (broad SMARTS) is 1. The highest BCUT2D eigenvalue weighted by Gasteiger charge is 2.20. The lowest BCUT2D eigenvalue weighted by atomic mass is 10.0. The van der Waals surface area contributed by atoms with E-state index >= 15 is 0 Å². The molecule has 3 heteroatoms. The van der Waals surface area contributed by atoms with Crippen LogP contribution in [0.15, 0.2) is 0 Å². The number of aliphatic carboxylic acids is 1. The van der Waals surface area contributed by atoms with Gasteiger partial charge in [-0.1, -0.05) is 13.3 Å². The van der Waals surface area contributed by atoms with Gasteiger partial charge in [0, 0.05) is 0 Å². The van der Waals surface area contributed by atoms with Gasteiger partial charge < -0.3 is 5.11 Å². The van der Waals surface area contributed by atoms with E-state index in [0.29, 0.717) is 6.42 Å². The Labute approximate surface area is 60.0 Å². The molecule has 0 aromatic carbocycles. The lowest BCUT2D eigenvalue weighted by molar-refractivity contribution is -0.145. The van der Waals surface area contributed by atoms with Crippen molar-refractivity contribution in [2.75, 3.05) is 0 Å². The summed E-state index contributed by atoms with van der Waals surface area (Å²) in [4.78, 5) is 20.9. The Balaban J connectivity index is 3.98. The van der Waals surface area contributed by atoms with E-state index in [1.165, 1.54) is 6.92 Å². The summed E-state index contributed by atoms with van der Waals surface area (Å²) in [6.45, 7) is 3.17. The van der Waals surface area contributed by atoms with Crippen molar-refractivity contribution in [3.8, 4) is 0 Å². The number of Topliss-reactive ketones (excluding diaryl/α,β-unsaturated/α-hetero) is 1. The summed E-state index contributed by atoms with van der Waals surface area (Å²) in [5, 5.41) is 8.45. The minimum Gasteiger partial charge on any atom is -0.481 e. The van der Waals surface area contributed by atoms with Crippen LogP contribution in [0.1, 0.15) is 26.7 Å². The molecule has 0 spiro atoms. The van der Waals surface area contributed by atoms with E-state index < -0.39 is 11.9 Å². The van der Waals surface area contributed by atoms with Crippen molar-refractivity contribution >= 4 is 11.8 Å². The SMILES string of the molecule is CCCC(C(C)=O)C(=O)O. The Kier molecular flexibility index (Phi) is 3.69. The Morgan fingerprint density at radius 1 is 1.50 bits per heavy atom. The van der Waals surface area contributed by atoms with E-state index in [2.05, 4.69) is 0 Å². The lowest BCUT2D eigenvalue weighted by Gasteiger charge is -2.04. The van der Waals surface area contributed by atoms with Crippen LogP contribution < -0.4 is 0 Å². The molecule has 0 bridgehead atoms. The number of ketones is 1. The van der Waals surface area contributed by atoms with Crippen molar-refractivity contribution in [3.05, 3.63) is 0 Å². The standard InChI is InChI=1S/C7H12O3/c1-3-4-6(5(2)8)7(9)10/h6H,3-4H2,1-2H3,(H,9,10). The highest BCUT2D eigenvalue weighted by atomic mass is 16.4. The van der Waals surface area contributed by atoms with Crippen molar-refractivity contribution in [1.29, 1.82) is 0 Å². The first kappa shape index (κ1) is 9.14. The first-order valence-corrected chi connectivity index (χ1v) is 3.32. The average molecular weight is 144 g/mol. The molecule has 0 amide bonds. The highest BCUT2D eigenvalue weighted by Crippen LogP contribution is 2.06. The molecule has 58 valence electrons. The molecule has 0 radical (unpaired) electrons. The van der Waals surface area contributed by atoms with Crippen molar-refractivity contribution in [2.45, 2.75) is 26.7 Å². The van der Waals surface area contributed by atoms with Crippen molar-refractivity contribution in [2.24, 2.45) is 5.92 Å². The topological polar surface area (TPSA) is 54.4 Å². The predicted molar refractivity (Wildman–Crippen MR) is 36.7 cm³/mol. The molecule has 0 aromatic rings. The summed E-state index contributed by atoms with van der Waals surface area (Å²) in [6.07, 6.45) is 1.18. The van der Waals surface area contributed by atoms with Crippen LogP contribution in [0.2, 0.25) is 0 Å². The molecular weight excluding hydrogens is 132 g/mol. The van der Waals surface area contributed by atoms with Gasteiger partial charge in [-0.15, -0.1) is 0 Å². The van der Waals surface area contributed by atoms with Gasteiger partial charge >= 0.3 is 5.97 Å². The van der Waals surface area contributed by atoms with Crippen molar-refractivity contribution < 1.29 is 14.7 Å². The van der Waals surface area contributed by atoms with Crippen molar-refractivity contribution in [3.63, 3.8) is 0 Å². The van der Waals surface area contributed by atoms with Crippen LogP contribution in [-0.2, 0) is 9.59 Å². The second kappa shape index (κ2) is 4.04. The number of hydrogen-bond acceptors (Lipinski definition) is 2. The molecule has 1 unspecified atom stereocenters. The molecule has 0 saturated carbocycles. The van der Waals surface area contributed by atoms with E-state index in [4.69, 9.17) is 5.11 Å². The molecule has 0 aliphatic rings. The summed E-state index contributed by atoms with van der Waals surface area (Å²) in [5.41, 5.74) is 0. The van der Waals surface area contributed by atoms with Crippen LogP contribution in [-0.4, -0.2) is 16.9 Å². The molecule has 0 heterocycles. The van der Waals surface area contributed by atoms with Gasteiger partial charge in [0.25, 0.3) is 0 Å². The Hall–Kier alpha value is -0.860. The van der Waals surface area contributed by atoms with E-state index in [1.807, 2.05) is 6.92 Å². The fourth-order valence-corrected chi connectivity index (χ4v) is 0.789. The molecule has 1 atom stereocenters. The van der Waals surface area contributed by atoms with Gasteiger partial charge in [-0.25, -0.2) is 0 Å². The summed E-state index contributed by atoms with van der Waals surface area (Å²) in [7, 11) is 0. The average Bonchev–Trinajstić information content (AvgIpc) is 1.81. The van der Waals surface area contributed by atoms with Gasteiger partial charge in [-0.2, -0.15) is 0 Å². The Morgan fingerprint density at radius 3 is 2.10 bits per heavy atom. The number of carbonyl (C=O) groups is 2. The summed E-state index contributed by atoms with van der Waals surface area (Å²) >= 11 is 0. The van der Waals surface area contributed by atoms with E-state index in [9.17, 15) is 9.59 Å². The molecule has 0 aromatic heterocycles. The molecule has 10 heavy (non-hydrogen) atoms. The lowest BCUT2D eigenvalue weighted by Crippen LogP contribution is -2.20. The minimum absolute atomic E-state index is 0.255. The van der Waals surface area contributed by atoms with E-state index in [0.717, 1.165) is 6.42 Å². The van der Waals surface area contributed by atoms with Gasteiger partial charge in [0.05, 0.1) is 0 Å². The first-order chi connectivity index (χ1) is 4.59. The van der Waals surface area contributed by atoms with Gasteiger partial charge in [0.1, 0.15) is 11.7 Å². The van der Waals surface area contributed by atoms with Gasteiger partial charge in [-0.05, 0) is 13.3 Å². The van der Waals surface area contributed by atoms with Crippen LogP contribution in [0.4, 0.5) is 0 Å². The molecule has 0 saturated heterocycles. The minimum atomic E-state index is -1.01. The third kappa shape index (κ3) is 2.62. The smallest absolute Gasteiger partial charge is 0.314 e. The zero-order valence-corrected chi connectivity index (χ0v) is 6.26. The second-order valence-corrected chi connectivity index (χ2v) is 2.29. The van der Waals surface area contributed by atoms with Gasteiger partial charge in [0.2, 0.25) is 0 Å². The molecular formula is C7H12O3. The molecule has 1 N–H and O–H groups in total. The Morgan fingerprint density at radius 2 is 2.00 bits per heavy atom. The van der Waals surface area contributed by atoms with E-state index in [1.54, 1.807) is 0 Å².